The second-order valence-electron chi connectivity index (χ2n) is 3.66. The summed E-state index contributed by atoms with van der Waals surface area (Å²) in [4.78, 5) is 10.9. The number of hydrogen-bond donors (Lipinski definition) is 0. The molecule has 2 aromatic rings. The third-order valence-corrected chi connectivity index (χ3v) is 3.85. The molecular formula is C12H9ClN2OS. The van der Waals surface area contributed by atoms with Gasteiger partial charge >= 0.3 is 0 Å². The highest BCUT2D eigenvalue weighted by atomic mass is 35.5. The third-order valence-electron chi connectivity index (χ3n) is 2.60. The molecule has 0 aliphatic carbocycles. The number of carbonyl (C=O) groups excluding carboxylic acids is 1. The van der Waals surface area contributed by atoms with Gasteiger partial charge in [0.2, 0.25) is 0 Å². The van der Waals surface area contributed by atoms with E-state index in [2.05, 4.69) is 6.07 Å². The van der Waals surface area contributed by atoms with Crippen molar-refractivity contribution in [1.29, 1.82) is 5.26 Å². The molecule has 0 saturated heterocycles. The van der Waals surface area contributed by atoms with E-state index in [9.17, 15) is 4.79 Å². The lowest BCUT2D eigenvalue weighted by Gasteiger charge is -2.06. The molecule has 0 unspecified atom stereocenters. The van der Waals surface area contributed by atoms with Gasteiger partial charge in [-0.1, -0.05) is 11.6 Å². The van der Waals surface area contributed by atoms with Gasteiger partial charge in [-0.3, -0.25) is 4.79 Å². The summed E-state index contributed by atoms with van der Waals surface area (Å²) in [5.41, 5.74) is 2.90. The van der Waals surface area contributed by atoms with E-state index in [0.717, 1.165) is 22.7 Å². The van der Waals surface area contributed by atoms with Gasteiger partial charge in [0.1, 0.15) is 11.1 Å². The summed E-state index contributed by atoms with van der Waals surface area (Å²) in [6.45, 7) is 3.75. The molecule has 0 saturated carbocycles. The summed E-state index contributed by atoms with van der Waals surface area (Å²) in [5.74, 6) is 0. The van der Waals surface area contributed by atoms with Crippen LogP contribution >= 0.6 is 22.9 Å². The zero-order chi connectivity index (χ0) is 12.6. The molecule has 0 N–H and O–H groups in total. The highest BCUT2D eigenvalue weighted by Crippen LogP contribution is 2.32. The molecule has 3 nitrogen and oxygen atoms in total. The Balaban J connectivity index is 2.72. The summed E-state index contributed by atoms with van der Waals surface area (Å²) in [6, 6.07) is 5.56. The number of aldehydes is 1. The predicted molar refractivity (Wildman–Crippen MR) is 68.2 cm³/mol. The van der Waals surface area contributed by atoms with Gasteiger partial charge < -0.3 is 4.57 Å². The van der Waals surface area contributed by atoms with Gasteiger partial charge in [-0.05, 0) is 26.0 Å². The van der Waals surface area contributed by atoms with Crippen LogP contribution in [-0.4, -0.2) is 10.9 Å². The summed E-state index contributed by atoms with van der Waals surface area (Å²) in [6.07, 6.45) is 0.820. The number of hydrogen-bond acceptors (Lipinski definition) is 3. The predicted octanol–water partition coefficient (Wildman–Crippen LogP) is 3.49. The van der Waals surface area contributed by atoms with E-state index in [4.69, 9.17) is 16.9 Å². The topological polar surface area (TPSA) is 45.8 Å². The van der Waals surface area contributed by atoms with E-state index >= 15 is 0 Å². The van der Waals surface area contributed by atoms with E-state index in [0.29, 0.717) is 15.5 Å². The monoisotopic (exact) mass is 264 g/mol. The number of aromatic nitrogens is 1. The number of thiophene rings is 1. The van der Waals surface area contributed by atoms with Crippen LogP contribution in [0, 0.1) is 25.2 Å². The van der Waals surface area contributed by atoms with Crippen LogP contribution in [0.3, 0.4) is 0 Å². The standard InChI is InChI=1S/C12H9ClN2OS/c1-7-3-10(6-16)8(2)15(7)12-9(5-14)4-11(13)17-12/h3-4,6H,1-2H3. The minimum absolute atomic E-state index is 0.527. The SMILES string of the molecule is Cc1cc(C=O)c(C)n1-c1sc(Cl)cc1C#N. The fourth-order valence-electron chi connectivity index (χ4n) is 1.82. The minimum atomic E-state index is 0.527. The Hall–Kier alpha value is -1.57. The van der Waals surface area contributed by atoms with Crippen molar-refractivity contribution in [2.24, 2.45) is 0 Å². The lowest BCUT2D eigenvalue weighted by Crippen LogP contribution is -1.98. The van der Waals surface area contributed by atoms with E-state index in [-0.39, 0.29) is 0 Å². The van der Waals surface area contributed by atoms with Crippen LogP contribution in [-0.2, 0) is 0 Å². The van der Waals surface area contributed by atoms with Crippen molar-refractivity contribution in [2.45, 2.75) is 13.8 Å². The zero-order valence-corrected chi connectivity index (χ0v) is 10.9. The second kappa shape index (κ2) is 4.36. The van der Waals surface area contributed by atoms with Gasteiger partial charge in [0, 0.05) is 17.0 Å². The zero-order valence-electron chi connectivity index (χ0n) is 9.32. The van der Waals surface area contributed by atoms with Crippen molar-refractivity contribution < 1.29 is 4.79 Å². The van der Waals surface area contributed by atoms with Crippen molar-refractivity contribution in [3.05, 3.63) is 39.0 Å². The van der Waals surface area contributed by atoms with Gasteiger partial charge in [0.25, 0.3) is 0 Å². The molecule has 0 amide bonds. The summed E-state index contributed by atoms with van der Waals surface area (Å²) in [7, 11) is 0. The summed E-state index contributed by atoms with van der Waals surface area (Å²) >= 11 is 7.26. The number of aryl methyl sites for hydroxylation is 1. The number of rotatable bonds is 2. The Bertz CT molecular complexity index is 634. The quantitative estimate of drug-likeness (QED) is 0.780. The van der Waals surface area contributed by atoms with Crippen molar-refractivity contribution in [1.82, 2.24) is 4.57 Å². The molecule has 2 aromatic heterocycles. The smallest absolute Gasteiger partial charge is 0.151 e. The lowest BCUT2D eigenvalue weighted by molar-refractivity contribution is 0.112. The first-order valence-corrected chi connectivity index (χ1v) is 6.12. The van der Waals surface area contributed by atoms with Crippen LogP contribution in [0.25, 0.3) is 5.00 Å². The van der Waals surface area contributed by atoms with Crippen LogP contribution in [0.1, 0.15) is 27.3 Å². The van der Waals surface area contributed by atoms with Crippen LogP contribution in [0.15, 0.2) is 12.1 Å². The van der Waals surface area contributed by atoms with Gasteiger partial charge in [-0.25, -0.2) is 0 Å². The molecule has 5 heteroatoms. The normalized spacial score (nSPS) is 10.2. The highest BCUT2D eigenvalue weighted by Gasteiger charge is 2.15. The average molecular weight is 265 g/mol. The van der Waals surface area contributed by atoms with E-state index in [1.165, 1.54) is 11.3 Å². The maximum Gasteiger partial charge on any atom is 0.151 e. The van der Waals surface area contributed by atoms with E-state index < -0.39 is 0 Å². The Morgan fingerprint density at radius 1 is 1.47 bits per heavy atom. The molecule has 0 aliphatic heterocycles. The average Bonchev–Trinajstić information content (AvgIpc) is 2.79. The fourth-order valence-corrected chi connectivity index (χ4v) is 3.09. The van der Waals surface area contributed by atoms with Crippen LogP contribution in [0.4, 0.5) is 0 Å². The number of halogens is 1. The molecule has 0 aliphatic rings. The molecule has 86 valence electrons. The first-order valence-electron chi connectivity index (χ1n) is 4.92. The van der Waals surface area contributed by atoms with Crippen molar-refractivity contribution in [3.8, 4) is 11.1 Å². The molecule has 0 aromatic carbocycles. The van der Waals surface area contributed by atoms with E-state index in [1.807, 2.05) is 18.4 Å². The first kappa shape index (κ1) is 11.9. The molecular weight excluding hydrogens is 256 g/mol. The molecule has 0 spiro atoms. The largest absolute Gasteiger partial charge is 0.308 e. The van der Waals surface area contributed by atoms with Crippen LogP contribution in [0.2, 0.25) is 4.34 Å². The summed E-state index contributed by atoms with van der Waals surface area (Å²) in [5, 5.41) is 9.82. The Kier molecular flexibility index (Phi) is 3.05. The maximum absolute atomic E-state index is 10.9. The molecule has 0 bridgehead atoms. The van der Waals surface area contributed by atoms with Crippen molar-refractivity contribution >= 4 is 29.2 Å². The van der Waals surface area contributed by atoms with Crippen molar-refractivity contribution in [3.63, 3.8) is 0 Å². The Morgan fingerprint density at radius 3 is 2.71 bits per heavy atom. The molecule has 0 fully saturated rings. The van der Waals surface area contributed by atoms with Crippen molar-refractivity contribution in [2.75, 3.05) is 0 Å². The van der Waals surface area contributed by atoms with Crippen LogP contribution < -0.4 is 0 Å². The van der Waals surface area contributed by atoms with Crippen LogP contribution in [0.5, 0.6) is 0 Å². The van der Waals surface area contributed by atoms with Gasteiger partial charge in [-0.2, -0.15) is 5.26 Å². The molecule has 2 heterocycles. The Labute approximate surface area is 108 Å². The van der Waals surface area contributed by atoms with E-state index in [1.54, 1.807) is 12.1 Å². The Morgan fingerprint density at radius 2 is 2.18 bits per heavy atom. The molecule has 0 atom stereocenters. The minimum Gasteiger partial charge on any atom is -0.308 e. The molecule has 17 heavy (non-hydrogen) atoms. The van der Waals surface area contributed by atoms with Gasteiger partial charge in [-0.15, -0.1) is 11.3 Å². The number of nitriles is 1. The number of nitrogens with zero attached hydrogens (tertiary/aromatic N) is 2. The fraction of sp³-hybridized carbons (Fsp3) is 0.167. The highest BCUT2D eigenvalue weighted by molar-refractivity contribution is 7.18. The van der Waals surface area contributed by atoms with Gasteiger partial charge in [0.05, 0.1) is 9.90 Å². The van der Waals surface area contributed by atoms with Gasteiger partial charge in [0.15, 0.2) is 6.29 Å². The first-order chi connectivity index (χ1) is 8.08. The number of carbonyl (C=O) groups is 1. The summed E-state index contributed by atoms with van der Waals surface area (Å²) < 4.78 is 2.45. The third kappa shape index (κ3) is 1.88. The maximum atomic E-state index is 10.9. The lowest BCUT2D eigenvalue weighted by atomic mass is 10.3. The molecule has 0 radical (unpaired) electrons. The molecule has 2 rings (SSSR count). The second-order valence-corrected chi connectivity index (χ2v) is 5.32.